The molecule has 2 heterocycles. The maximum absolute atomic E-state index is 14.8. The predicted octanol–water partition coefficient (Wildman–Crippen LogP) is 5.92. The molecule has 2 aliphatic heterocycles. The zero-order valence-electron chi connectivity index (χ0n) is 19.2. The normalized spacial score (nSPS) is 22.7. The highest BCUT2D eigenvalue weighted by molar-refractivity contribution is 7.99. The standard InChI is InChI=1S/C28H21F2N5S/c1-32-23-17(15-31)22(16-9-3-2-4-10-16)24-25(34-28(30)27(29)33-24)26(23)35-18-11-5-7-13-20(18)36-21-14-8-6-12-19(21)35/h2-14,17,23,27,32-33H,1H3. The monoisotopic (exact) mass is 497 g/mol. The first kappa shape index (κ1) is 22.5. The van der Waals surface area contributed by atoms with Crippen LogP contribution in [0.4, 0.5) is 20.2 Å². The molecule has 5 nitrogen and oxygen atoms in total. The Morgan fingerprint density at radius 1 is 0.972 bits per heavy atom. The molecule has 0 saturated heterocycles. The molecular weight excluding hydrogens is 476 g/mol. The minimum absolute atomic E-state index is 0.280. The number of anilines is 2. The molecule has 3 aromatic rings. The number of rotatable bonds is 3. The van der Waals surface area contributed by atoms with Crippen molar-refractivity contribution in [3.8, 4) is 6.07 Å². The van der Waals surface area contributed by atoms with E-state index in [4.69, 9.17) is 0 Å². The Labute approximate surface area is 211 Å². The summed E-state index contributed by atoms with van der Waals surface area (Å²) in [6, 6.07) is 27.1. The van der Waals surface area contributed by atoms with Gasteiger partial charge in [-0.2, -0.15) is 9.65 Å². The lowest BCUT2D eigenvalue weighted by atomic mass is 9.78. The van der Waals surface area contributed by atoms with Gasteiger partial charge in [0.1, 0.15) is 5.70 Å². The molecular formula is C28H21F2N5S. The van der Waals surface area contributed by atoms with Crippen LogP contribution in [-0.2, 0) is 0 Å². The molecule has 0 saturated carbocycles. The van der Waals surface area contributed by atoms with Gasteiger partial charge in [-0.15, -0.1) is 0 Å². The van der Waals surface area contributed by atoms with Crippen LogP contribution < -0.4 is 15.5 Å². The van der Waals surface area contributed by atoms with E-state index in [0.29, 0.717) is 17.0 Å². The van der Waals surface area contributed by atoms with Crippen molar-refractivity contribution in [3.05, 3.63) is 102 Å². The van der Waals surface area contributed by atoms with E-state index >= 15 is 0 Å². The zero-order chi connectivity index (χ0) is 24.8. The second kappa shape index (κ2) is 8.94. The Hall–Kier alpha value is -3.93. The lowest BCUT2D eigenvalue weighted by Gasteiger charge is -2.43. The topological polar surface area (TPSA) is 63.4 Å². The maximum atomic E-state index is 14.8. The number of fused-ring (bicyclic) bond motifs is 3. The van der Waals surface area contributed by atoms with Gasteiger partial charge < -0.3 is 15.5 Å². The number of hydrogen-bond donors (Lipinski definition) is 2. The number of aliphatic imine (C=N–C) groups is 1. The van der Waals surface area contributed by atoms with Gasteiger partial charge in [0.05, 0.1) is 40.8 Å². The van der Waals surface area contributed by atoms with Crippen molar-refractivity contribution in [2.45, 2.75) is 22.1 Å². The zero-order valence-corrected chi connectivity index (χ0v) is 20.1. The molecule has 36 heavy (non-hydrogen) atoms. The van der Waals surface area contributed by atoms with Crippen molar-refractivity contribution in [1.82, 2.24) is 10.6 Å². The Morgan fingerprint density at radius 3 is 2.19 bits per heavy atom. The number of likely N-dealkylation sites (N-methyl/N-ethyl adjacent to an activating group) is 1. The van der Waals surface area contributed by atoms with E-state index in [0.717, 1.165) is 26.7 Å². The first-order chi connectivity index (χ1) is 17.6. The number of para-hydroxylation sites is 2. The summed E-state index contributed by atoms with van der Waals surface area (Å²) >= 11 is 1.65. The third-order valence-corrected chi connectivity index (χ3v) is 7.72. The molecule has 0 aromatic heterocycles. The Kier molecular flexibility index (Phi) is 5.59. The lowest BCUT2D eigenvalue weighted by Crippen LogP contribution is -2.48. The second-order valence-electron chi connectivity index (χ2n) is 8.58. The van der Waals surface area contributed by atoms with Gasteiger partial charge in [0.15, 0.2) is 0 Å². The minimum atomic E-state index is -2.09. The Balaban J connectivity index is 1.71. The molecule has 178 valence electrons. The van der Waals surface area contributed by atoms with Gasteiger partial charge in [0, 0.05) is 15.4 Å². The summed E-state index contributed by atoms with van der Waals surface area (Å²) in [6.07, 6.45) is -2.09. The highest BCUT2D eigenvalue weighted by atomic mass is 32.2. The van der Waals surface area contributed by atoms with Crippen LogP contribution >= 0.6 is 11.8 Å². The summed E-state index contributed by atoms with van der Waals surface area (Å²) in [6.45, 7) is 0. The van der Waals surface area contributed by atoms with E-state index in [2.05, 4.69) is 21.7 Å². The van der Waals surface area contributed by atoms with Crippen LogP contribution in [0.25, 0.3) is 5.57 Å². The van der Waals surface area contributed by atoms with Crippen molar-refractivity contribution in [1.29, 1.82) is 5.26 Å². The summed E-state index contributed by atoms with van der Waals surface area (Å²) in [5.41, 5.74) is 4.32. The minimum Gasteiger partial charge on any atom is -0.347 e. The summed E-state index contributed by atoms with van der Waals surface area (Å²) in [7, 11) is 1.77. The molecule has 1 aliphatic carbocycles. The van der Waals surface area contributed by atoms with Crippen molar-refractivity contribution in [2.24, 2.45) is 10.9 Å². The molecule has 0 fully saturated rings. The third-order valence-electron chi connectivity index (χ3n) is 6.59. The van der Waals surface area contributed by atoms with Gasteiger partial charge in [-0.3, -0.25) is 0 Å². The molecule has 0 radical (unpaired) electrons. The fourth-order valence-corrected chi connectivity index (χ4v) is 6.14. The molecule has 3 aromatic carbocycles. The maximum Gasteiger partial charge on any atom is 0.245 e. The van der Waals surface area contributed by atoms with Crippen LogP contribution in [0.5, 0.6) is 0 Å². The molecule has 0 amide bonds. The Morgan fingerprint density at radius 2 is 1.58 bits per heavy atom. The van der Waals surface area contributed by atoms with Crippen LogP contribution in [0.2, 0.25) is 0 Å². The van der Waals surface area contributed by atoms with Gasteiger partial charge in [0.25, 0.3) is 0 Å². The molecule has 0 bridgehead atoms. The average Bonchev–Trinajstić information content (AvgIpc) is 2.92. The van der Waals surface area contributed by atoms with E-state index in [-0.39, 0.29) is 5.70 Å². The largest absolute Gasteiger partial charge is 0.347 e. The molecule has 8 heteroatoms. The summed E-state index contributed by atoms with van der Waals surface area (Å²) < 4.78 is 29.5. The average molecular weight is 498 g/mol. The van der Waals surface area contributed by atoms with Gasteiger partial charge >= 0.3 is 0 Å². The Bertz CT molecular complexity index is 1450. The SMILES string of the molecule is CNC1C(N2c3ccccc3Sc3ccccc32)=C2N=C(F)C(F)NC2=C(c2ccccc2)C1C#N. The number of hydrogen-bond acceptors (Lipinski definition) is 6. The third kappa shape index (κ3) is 3.43. The van der Waals surface area contributed by atoms with Crippen LogP contribution in [-0.4, -0.2) is 25.4 Å². The van der Waals surface area contributed by atoms with Crippen LogP contribution in [0.15, 0.2) is 111 Å². The number of nitriles is 1. The number of halogens is 2. The highest BCUT2D eigenvalue weighted by Crippen LogP contribution is 2.53. The number of nitrogens with zero attached hydrogens (tertiary/aromatic N) is 3. The van der Waals surface area contributed by atoms with Crippen molar-refractivity contribution < 1.29 is 8.78 Å². The first-order valence-electron chi connectivity index (χ1n) is 11.5. The van der Waals surface area contributed by atoms with Crippen LogP contribution in [0.1, 0.15) is 5.56 Å². The predicted molar refractivity (Wildman–Crippen MR) is 138 cm³/mol. The molecule has 0 spiro atoms. The second-order valence-corrected chi connectivity index (χ2v) is 9.66. The van der Waals surface area contributed by atoms with Crippen molar-refractivity contribution >= 4 is 34.7 Å². The fourth-order valence-electron chi connectivity index (χ4n) is 5.09. The highest BCUT2D eigenvalue weighted by Gasteiger charge is 2.44. The lowest BCUT2D eigenvalue weighted by molar-refractivity contribution is 0.351. The van der Waals surface area contributed by atoms with Crippen LogP contribution in [0, 0.1) is 17.2 Å². The van der Waals surface area contributed by atoms with Crippen molar-refractivity contribution in [3.63, 3.8) is 0 Å². The molecule has 3 atom stereocenters. The first-order valence-corrected chi connectivity index (χ1v) is 12.4. The van der Waals surface area contributed by atoms with E-state index in [9.17, 15) is 14.0 Å². The van der Waals surface area contributed by atoms with Gasteiger partial charge in [-0.25, -0.2) is 9.38 Å². The van der Waals surface area contributed by atoms with Crippen molar-refractivity contribution in [2.75, 3.05) is 11.9 Å². The fraction of sp³-hybridized carbons (Fsp3) is 0.143. The van der Waals surface area contributed by atoms with E-state index in [1.54, 1.807) is 18.8 Å². The summed E-state index contributed by atoms with van der Waals surface area (Å²) in [5.74, 6) is -1.84. The molecule has 6 rings (SSSR count). The summed E-state index contributed by atoms with van der Waals surface area (Å²) in [4.78, 5) is 8.23. The van der Waals surface area contributed by atoms with Gasteiger partial charge in [-0.1, -0.05) is 66.4 Å². The number of alkyl halides is 1. The molecule has 2 N–H and O–H groups in total. The van der Waals surface area contributed by atoms with E-state index in [1.807, 2.05) is 83.8 Å². The van der Waals surface area contributed by atoms with Crippen LogP contribution in [0.3, 0.4) is 0 Å². The van der Waals surface area contributed by atoms with E-state index < -0.39 is 24.2 Å². The number of nitrogens with one attached hydrogen (secondary N) is 2. The van der Waals surface area contributed by atoms with Gasteiger partial charge in [-0.05, 0) is 36.9 Å². The summed E-state index contributed by atoms with van der Waals surface area (Å²) in [5, 5.41) is 16.4. The van der Waals surface area contributed by atoms with E-state index in [1.165, 1.54) is 0 Å². The number of benzene rings is 3. The molecule has 3 unspecified atom stereocenters. The molecule has 3 aliphatic rings. The quantitative estimate of drug-likeness (QED) is 0.440. The van der Waals surface area contributed by atoms with Gasteiger partial charge in [0.2, 0.25) is 12.3 Å². The smallest absolute Gasteiger partial charge is 0.245 e.